The average Bonchev–Trinajstić information content (AvgIpc) is 2.91. The summed E-state index contributed by atoms with van der Waals surface area (Å²) in [6.07, 6.45) is 4.11. The number of hydrogen-bond acceptors (Lipinski definition) is 2. The summed E-state index contributed by atoms with van der Waals surface area (Å²) < 4.78 is 0. The molecule has 0 bridgehead atoms. The Morgan fingerprint density at radius 2 is 2.00 bits per heavy atom. The molecule has 0 aromatic carbocycles. The normalized spacial score (nSPS) is 39.0. The van der Waals surface area contributed by atoms with E-state index >= 15 is 0 Å². The quantitative estimate of drug-likeness (QED) is 0.700. The summed E-state index contributed by atoms with van der Waals surface area (Å²) in [5.74, 6) is 1.69. The van der Waals surface area contributed by atoms with Crippen molar-refractivity contribution >= 4 is 0 Å². The highest BCUT2D eigenvalue weighted by Crippen LogP contribution is 2.36. The molecule has 2 fully saturated rings. The fourth-order valence-electron chi connectivity index (χ4n) is 2.44. The lowest BCUT2D eigenvalue weighted by atomic mass is 9.93. The Hall–Kier alpha value is -0.0800. The number of nitrogens with zero attached hydrogens (tertiary/aromatic N) is 1. The van der Waals surface area contributed by atoms with Gasteiger partial charge >= 0.3 is 0 Å². The van der Waals surface area contributed by atoms with Crippen molar-refractivity contribution in [3.8, 4) is 0 Å². The minimum Gasteiger partial charge on any atom is -0.327 e. The first kappa shape index (κ1) is 9.47. The molecule has 3 atom stereocenters. The van der Waals surface area contributed by atoms with Crippen molar-refractivity contribution in [3.63, 3.8) is 0 Å². The highest BCUT2D eigenvalue weighted by atomic mass is 15.2. The minimum atomic E-state index is 0.447. The molecule has 2 N–H and O–H groups in total. The second-order valence-electron chi connectivity index (χ2n) is 5.00. The van der Waals surface area contributed by atoms with Crippen molar-refractivity contribution in [2.45, 2.75) is 45.2 Å². The zero-order valence-corrected chi connectivity index (χ0v) is 8.87. The third-order valence-electron chi connectivity index (χ3n) is 3.88. The summed E-state index contributed by atoms with van der Waals surface area (Å²) >= 11 is 0. The zero-order valence-electron chi connectivity index (χ0n) is 8.87. The Morgan fingerprint density at radius 1 is 1.31 bits per heavy atom. The van der Waals surface area contributed by atoms with E-state index in [0.717, 1.165) is 12.0 Å². The molecule has 0 spiro atoms. The van der Waals surface area contributed by atoms with Gasteiger partial charge in [-0.05, 0) is 44.6 Å². The van der Waals surface area contributed by atoms with Crippen LogP contribution in [0.2, 0.25) is 0 Å². The minimum absolute atomic E-state index is 0.447. The van der Waals surface area contributed by atoms with Gasteiger partial charge in [0.1, 0.15) is 0 Å². The summed E-state index contributed by atoms with van der Waals surface area (Å²) in [5.41, 5.74) is 6.01. The van der Waals surface area contributed by atoms with Crippen LogP contribution in [0, 0.1) is 11.8 Å². The third kappa shape index (κ3) is 2.05. The van der Waals surface area contributed by atoms with Gasteiger partial charge in [-0.3, -0.25) is 0 Å². The molecule has 0 amide bonds. The SMILES string of the molecule is CC1CN(C(C)C2CC2)CCC1N. The number of likely N-dealkylation sites (tertiary alicyclic amines) is 1. The highest BCUT2D eigenvalue weighted by molar-refractivity contribution is 4.89. The highest BCUT2D eigenvalue weighted by Gasteiger charge is 2.34. The van der Waals surface area contributed by atoms with Gasteiger partial charge in [0.2, 0.25) is 0 Å². The number of nitrogens with two attached hydrogens (primary N) is 1. The molecule has 1 saturated heterocycles. The number of piperidine rings is 1. The van der Waals surface area contributed by atoms with Crippen molar-refractivity contribution < 1.29 is 0 Å². The smallest absolute Gasteiger partial charge is 0.00953 e. The summed E-state index contributed by atoms with van der Waals surface area (Å²) in [4.78, 5) is 2.64. The van der Waals surface area contributed by atoms with Crippen LogP contribution >= 0.6 is 0 Å². The fourth-order valence-corrected chi connectivity index (χ4v) is 2.44. The monoisotopic (exact) mass is 182 g/mol. The first-order valence-corrected chi connectivity index (χ1v) is 5.68. The molecule has 2 rings (SSSR count). The summed E-state index contributed by atoms with van der Waals surface area (Å²) in [6.45, 7) is 7.12. The van der Waals surface area contributed by atoms with Crippen LogP contribution < -0.4 is 5.73 Å². The van der Waals surface area contributed by atoms with Crippen molar-refractivity contribution in [2.24, 2.45) is 17.6 Å². The van der Waals surface area contributed by atoms with Crippen molar-refractivity contribution in [1.29, 1.82) is 0 Å². The predicted octanol–water partition coefficient (Wildman–Crippen LogP) is 1.45. The van der Waals surface area contributed by atoms with E-state index in [1.165, 1.54) is 32.4 Å². The summed E-state index contributed by atoms with van der Waals surface area (Å²) in [7, 11) is 0. The van der Waals surface area contributed by atoms with Crippen molar-refractivity contribution in [2.75, 3.05) is 13.1 Å². The molecule has 2 nitrogen and oxygen atoms in total. The largest absolute Gasteiger partial charge is 0.327 e. The topological polar surface area (TPSA) is 29.3 Å². The first-order chi connectivity index (χ1) is 6.18. The molecule has 76 valence electrons. The molecular weight excluding hydrogens is 160 g/mol. The molecule has 1 saturated carbocycles. The van der Waals surface area contributed by atoms with Gasteiger partial charge in [0.25, 0.3) is 0 Å². The Morgan fingerprint density at radius 3 is 2.54 bits per heavy atom. The van der Waals surface area contributed by atoms with Crippen LogP contribution in [0.15, 0.2) is 0 Å². The predicted molar refractivity (Wildman–Crippen MR) is 55.5 cm³/mol. The van der Waals surface area contributed by atoms with Crippen molar-refractivity contribution in [1.82, 2.24) is 4.90 Å². The van der Waals surface area contributed by atoms with E-state index in [9.17, 15) is 0 Å². The summed E-state index contributed by atoms with van der Waals surface area (Å²) in [5, 5.41) is 0. The first-order valence-electron chi connectivity index (χ1n) is 5.68. The summed E-state index contributed by atoms with van der Waals surface area (Å²) in [6, 6.07) is 1.26. The third-order valence-corrected chi connectivity index (χ3v) is 3.88. The standard InChI is InChI=1S/C11H22N2/c1-8-7-13(6-5-11(8)12)9(2)10-3-4-10/h8-11H,3-7,12H2,1-2H3. The van der Waals surface area contributed by atoms with Gasteiger partial charge in [-0.2, -0.15) is 0 Å². The van der Waals surface area contributed by atoms with E-state index in [0.29, 0.717) is 12.0 Å². The van der Waals surface area contributed by atoms with Crippen LogP contribution in [0.25, 0.3) is 0 Å². The Bertz CT molecular complexity index is 177. The van der Waals surface area contributed by atoms with Crippen LogP contribution in [-0.2, 0) is 0 Å². The lowest BCUT2D eigenvalue weighted by Gasteiger charge is -2.38. The Labute approximate surface area is 81.5 Å². The molecule has 13 heavy (non-hydrogen) atoms. The molecule has 2 heteroatoms. The maximum atomic E-state index is 6.01. The van der Waals surface area contributed by atoms with Gasteiger partial charge in [0.05, 0.1) is 0 Å². The van der Waals surface area contributed by atoms with Crippen molar-refractivity contribution in [3.05, 3.63) is 0 Å². The molecule has 0 radical (unpaired) electrons. The molecule has 1 aliphatic carbocycles. The number of hydrogen-bond donors (Lipinski definition) is 1. The number of rotatable bonds is 2. The molecule has 3 unspecified atom stereocenters. The molecular formula is C11H22N2. The van der Waals surface area contributed by atoms with Gasteiger partial charge in [-0.15, -0.1) is 0 Å². The van der Waals surface area contributed by atoms with E-state index in [-0.39, 0.29) is 0 Å². The Kier molecular flexibility index (Phi) is 2.61. The van der Waals surface area contributed by atoms with E-state index < -0.39 is 0 Å². The van der Waals surface area contributed by atoms with Crippen LogP contribution in [0.5, 0.6) is 0 Å². The Balaban J connectivity index is 1.86. The van der Waals surface area contributed by atoms with Crippen LogP contribution in [-0.4, -0.2) is 30.1 Å². The average molecular weight is 182 g/mol. The van der Waals surface area contributed by atoms with E-state index in [1.54, 1.807) is 0 Å². The molecule has 1 heterocycles. The second kappa shape index (κ2) is 3.58. The molecule has 0 aromatic heterocycles. The van der Waals surface area contributed by atoms with Gasteiger partial charge < -0.3 is 10.6 Å². The van der Waals surface area contributed by atoms with E-state index in [4.69, 9.17) is 5.73 Å². The molecule has 2 aliphatic rings. The van der Waals surface area contributed by atoms with E-state index in [2.05, 4.69) is 18.7 Å². The lowest BCUT2D eigenvalue weighted by molar-refractivity contribution is 0.113. The van der Waals surface area contributed by atoms with Crippen LogP contribution in [0.3, 0.4) is 0 Å². The molecule has 1 aliphatic heterocycles. The van der Waals surface area contributed by atoms with Gasteiger partial charge in [0.15, 0.2) is 0 Å². The van der Waals surface area contributed by atoms with E-state index in [1.807, 2.05) is 0 Å². The fraction of sp³-hybridized carbons (Fsp3) is 1.00. The van der Waals surface area contributed by atoms with Crippen LogP contribution in [0.4, 0.5) is 0 Å². The van der Waals surface area contributed by atoms with Gasteiger partial charge in [-0.25, -0.2) is 0 Å². The second-order valence-corrected chi connectivity index (χ2v) is 5.00. The van der Waals surface area contributed by atoms with Gasteiger partial charge in [-0.1, -0.05) is 6.92 Å². The maximum Gasteiger partial charge on any atom is 0.00953 e. The maximum absolute atomic E-state index is 6.01. The van der Waals surface area contributed by atoms with Crippen LogP contribution in [0.1, 0.15) is 33.1 Å². The zero-order chi connectivity index (χ0) is 9.42. The molecule has 0 aromatic rings. The van der Waals surface area contributed by atoms with Gasteiger partial charge in [0, 0.05) is 18.6 Å². The lowest BCUT2D eigenvalue weighted by Crippen LogP contribution is -2.49.